The van der Waals surface area contributed by atoms with Crippen LogP contribution >= 0.6 is 25.5 Å². The molecule has 0 saturated heterocycles. The van der Waals surface area contributed by atoms with Gasteiger partial charge in [-0.25, -0.2) is 4.98 Å². The fourth-order valence-electron chi connectivity index (χ4n) is 4.58. The van der Waals surface area contributed by atoms with Crippen LogP contribution in [0.1, 0.15) is 64.5 Å². The smallest absolute Gasteiger partial charge is 0 e. The van der Waals surface area contributed by atoms with Gasteiger partial charge >= 0.3 is 27.0 Å². The summed E-state index contributed by atoms with van der Waals surface area (Å²) in [5, 5.41) is 6.69. The Kier molecular flexibility index (Phi) is 16.1. The summed E-state index contributed by atoms with van der Waals surface area (Å²) in [5.74, 6) is 0. The molecule has 199 valence electrons. The van der Waals surface area contributed by atoms with Crippen molar-refractivity contribution in [1.82, 2.24) is 4.98 Å². The van der Waals surface area contributed by atoms with E-state index in [2.05, 4.69) is 99.6 Å². The van der Waals surface area contributed by atoms with E-state index in [1.165, 1.54) is 55.9 Å². The summed E-state index contributed by atoms with van der Waals surface area (Å²) >= 11 is 1.62. The van der Waals surface area contributed by atoms with Gasteiger partial charge in [0.25, 0.3) is 0 Å². The van der Waals surface area contributed by atoms with Crippen molar-refractivity contribution in [3.05, 3.63) is 89.3 Å². The second-order valence-electron chi connectivity index (χ2n) is 9.02. The van der Waals surface area contributed by atoms with Gasteiger partial charge in [-0.05, 0) is 12.5 Å². The van der Waals surface area contributed by atoms with Crippen molar-refractivity contribution >= 4 is 47.3 Å². The zero-order chi connectivity index (χ0) is 26.0. The number of hydrogen-bond acceptors (Lipinski definition) is 1. The summed E-state index contributed by atoms with van der Waals surface area (Å²) in [6.45, 7) is 22.2. The molecule has 1 atom stereocenters. The first-order valence-electron chi connectivity index (χ1n) is 12.6. The zero-order valence-electron chi connectivity index (χ0n) is 22.1. The Hall–Kier alpha value is -0.390. The molecule has 0 fully saturated rings. The molecule has 0 amide bonds. The van der Waals surface area contributed by atoms with Crippen molar-refractivity contribution in [3.63, 3.8) is 0 Å². The summed E-state index contributed by atoms with van der Waals surface area (Å²) in [6.07, 6.45) is 7.82. The van der Waals surface area contributed by atoms with E-state index in [9.17, 15) is 0 Å². The number of fused-ring (bicyclic) bond motifs is 2. The molecule has 0 saturated carbocycles. The molecule has 1 aromatic heterocycles. The summed E-state index contributed by atoms with van der Waals surface area (Å²) in [7, 11) is 3.10. The summed E-state index contributed by atoms with van der Waals surface area (Å²) < 4.78 is 0. The van der Waals surface area contributed by atoms with Crippen LogP contribution in [-0.4, -0.2) is 11.1 Å². The van der Waals surface area contributed by atoms with E-state index in [1.807, 2.05) is 0 Å². The number of aromatic nitrogens is 1. The third kappa shape index (κ3) is 8.56. The van der Waals surface area contributed by atoms with Crippen molar-refractivity contribution < 1.29 is 34.1 Å². The van der Waals surface area contributed by atoms with E-state index >= 15 is 0 Å². The van der Waals surface area contributed by atoms with Crippen molar-refractivity contribution in [3.8, 4) is 0 Å². The number of allylic oxidation sites excluding steroid dienone is 3. The molecule has 6 heteroatoms. The Morgan fingerprint density at radius 3 is 1.69 bits per heavy atom. The minimum atomic E-state index is -0.883. The minimum Gasteiger partial charge on any atom is 0 e. The number of hydrogen-bond donors (Lipinski definition) is 0. The first kappa shape index (κ1) is 33.6. The van der Waals surface area contributed by atoms with Crippen molar-refractivity contribution in [2.45, 2.75) is 65.7 Å². The molecule has 1 heterocycles. The van der Waals surface area contributed by atoms with Gasteiger partial charge in [-0.3, -0.25) is 0 Å². The van der Waals surface area contributed by atoms with Crippen molar-refractivity contribution in [1.29, 1.82) is 0 Å². The predicted molar refractivity (Wildman–Crippen MR) is 164 cm³/mol. The zero-order valence-corrected chi connectivity index (χ0v) is 27.8. The number of nitrogens with zero attached hydrogens (tertiary/aromatic N) is 1. The fourth-order valence-corrected chi connectivity index (χ4v) is 9.73. The molecule has 3 aromatic rings. The van der Waals surface area contributed by atoms with Crippen LogP contribution < -0.4 is 0 Å². The van der Waals surface area contributed by atoms with Gasteiger partial charge in [0, 0.05) is 65.9 Å². The molecule has 3 rings (SSSR count). The minimum absolute atomic E-state index is 0. The quantitative estimate of drug-likeness (QED) is 0.106. The van der Waals surface area contributed by atoms with Crippen LogP contribution in [0.15, 0.2) is 78.1 Å². The average molecular weight is 674 g/mol. The maximum absolute atomic E-state index is 5.34. The summed E-state index contributed by atoms with van der Waals surface area (Å²) in [6, 6.07) is 15.7. The average Bonchev–Trinajstić information content (AvgIpc) is 2.90. The van der Waals surface area contributed by atoms with Crippen LogP contribution in [-0.2, 0) is 46.4 Å². The number of benzene rings is 2. The van der Waals surface area contributed by atoms with E-state index in [0.717, 1.165) is 37.1 Å². The second-order valence-corrected chi connectivity index (χ2v) is 14.5. The molecular formula is C30H42ClCoNP2Ru+2. The molecule has 0 aliphatic carbocycles. The third-order valence-electron chi connectivity index (χ3n) is 6.79. The summed E-state index contributed by atoms with van der Waals surface area (Å²) in [5.41, 5.74) is 5.07. The number of halogens is 1. The first-order valence-corrected chi connectivity index (χ1v) is 18.6. The number of rotatable bonds is 12. The van der Waals surface area contributed by atoms with Gasteiger partial charge in [-0.1, -0.05) is 83.8 Å². The van der Waals surface area contributed by atoms with E-state index in [0.29, 0.717) is 0 Å². The monoisotopic (exact) mass is 674 g/mol. The van der Waals surface area contributed by atoms with E-state index in [1.54, 1.807) is 17.3 Å². The molecule has 0 aliphatic rings. The molecule has 1 radical (unpaired) electrons. The normalized spacial score (nSPS) is 11.6. The van der Waals surface area contributed by atoms with E-state index in [-0.39, 0.29) is 16.8 Å². The van der Waals surface area contributed by atoms with Crippen LogP contribution in [0, 0.1) is 0 Å². The second kappa shape index (κ2) is 17.2. The topological polar surface area (TPSA) is 12.9 Å². The first-order chi connectivity index (χ1) is 16.9. The van der Waals surface area contributed by atoms with Crippen LogP contribution in [0.4, 0.5) is 0 Å². The Labute approximate surface area is 246 Å². The molecule has 0 N–H and O–H groups in total. The van der Waals surface area contributed by atoms with Crippen LogP contribution in [0.25, 0.3) is 21.8 Å². The van der Waals surface area contributed by atoms with Gasteiger partial charge in [0.15, 0.2) is 0 Å². The fraction of sp³-hybridized carbons (Fsp3) is 0.367. The Morgan fingerprint density at radius 1 is 0.778 bits per heavy atom. The van der Waals surface area contributed by atoms with Crippen LogP contribution in [0.2, 0.25) is 0 Å². The molecule has 1 unspecified atom stereocenters. The molecule has 0 aliphatic heterocycles. The van der Waals surface area contributed by atoms with Crippen molar-refractivity contribution in [2.75, 3.05) is 6.16 Å². The van der Waals surface area contributed by atoms with Crippen LogP contribution in [0.5, 0.6) is 0 Å². The molecule has 0 spiro atoms. The third-order valence-corrected chi connectivity index (χ3v) is 13.2. The SMILES string of the molecule is C=C(CC)[PH+](CCC)Cc1cccc2cc3cccc(C[PH+](C(=C)CC)C(=C)CC)c3nc12.[Cl][RuH].[Co]. The predicted octanol–water partition coefficient (Wildman–Crippen LogP) is 10.4. The Morgan fingerprint density at radius 2 is 1.25 bits per heavy atom. The van der Waals surface area contributed by atoms with Gasteiger partial charge in [0.1, 0.15) is 0 Å². The number of para-hydroxylation sites is 2. The Bertz CT molecular complexity index is 1160. The maximum Gasteiger partial charge on any atom is 0 e. The molecule has 1 nitrogen and oxygen atoms in total. The van der Waals surface area contributed by atoms with Gasteiger partial charge in [0.2, 0.25) is 0 Å². The van der Waals surface area contributed by atoms with E-state index < -0.39 is 15.8 Å². The number of pyridine rings is 1. The van der Waals surface area contributed by atoms with Gasteiger partial charge in [-0.15, -0.1) is 0 Å². The largest absolute Gasteiger partial charge is 0 e. The molecule has 36 heavy (non-hydrogen) atoms. The van der Waals surface area contributed by atoms with Crippen molar-refractivity contribution in [2.24, 2.45) is 0 Å². The Balaban J connectivity index is 0.00000211. The standard InChI is InChI=1S/C30H39NP2.ClH.Co.Ru.H/c1-8-18-32(22(5)9-2)20-27-16-12-14-25-19-26-15-13-17-28(30(26)31-29(25)27)21-33(23(6)10-3)24(7)11-4;;;;/h12-17,19H,5-11,18,20-21H2,1-4H3;1H;;;/q;;;+1;/p+1. The van der Waals surface area contributed by atoms with Crippen LogP contribution in [0.3, 0.4) is 0 Å². The van der Waals surface area contributed by atoms with Gasteiger partial charge in [0.05, 0.1) is 53.4 Å². The molecule has 2 aromatic carbocycles. The molecular weight excluding hydrogens is 632 g/mol. The maximum atomic E-state index is 5.34. The van der Waals surface area contributed by atoms with E-state index in [4.69, 9.17) is 4.98 Å². The van der Waals surface area contributed by atoms with Gasteiger partial charge in [-0.2, -0.15) is 0 Å². The van der Waals surface area contributed by atoms with Gasteiger partial charge < -0.3 is 0 Å². The molecule has 0 bridgehead atoms. The summed E-state index contributed by atoms with van der Waals surface area (Å²) in [4.78, 5) is 5.34.